The van der Waals surface area contributed by atoms with E-state index in [1.165, 1.54) is 5.56 Å². The van der Waals surface area contributed by atoms with Crippen molar-refractivity contribution in [2.45, 2.75) is 51.8 Å². The molecule has 1 rings (SSSR count). The Morgan fingerprint density at radius 2 is 1.72 bits per heavy atom. The fraction of sp³-hybridized carbons (Fsp3) is 0.600. The van der Waals surface area contributed by atoms with Gasteiger partial charge in [-0.05, 0) is 51.3 Å². The third-order valence-electron chi connectivity index (χ3n) is 2.96. The van der Waals surface area contributed by atoms with Gasteiger partial charge in [0.2, 0.25) is 0 Å². The van der Waals surface area contributed by atoms with E-state index in [1.54, 1.807) is 7.11 Å². The smallest absolute Gasteiger partial charge is 0.118 e. The number of aliphatic hydroxyl groups is 1. The summed E-state index contributed by atoms with van der Waals surface area (Å²) in [5.41, 5.74) is 1.29. The van der Waals surface area contributed by atoms with E-state index in [4.69, 9.17) is 4.74 Å². The number of hydrogen-bond acceptors (Lipinski definition) is 3. The molecule has 102 valence electrons. The molecule has 0 spiro atoms. The highest BCUT2D eigenvalue weighted by atomic mass is 16.5. The van der Waals surface area contributed by atoms with Crippen molar-refractivity contribution in [3.63, 3.8) is 0 Å². The summed E-state index contributed by atoms with van der Waals surface area (Å²) in [4.78, 5) is 0. The van der Waals surface area contributed by atoms with Gasteiger partial charge in [0.1, 0.15) is 5.75 Å². The van der Waals surface area contributed by atoms with Crippen LogP contribution in [0.2, 0.25) is 0 Å². The van der Waals surface area contributed by atoms with Crippen molar-refractivity contribution >= 4 is 0 Å². The van der Waals surface area contributed by atoms with Crippen LogP contribution < -0.4 is 10.1 Å². The van der Waals surface area contributed by atoms with E-state index in [9.17, 15) is 5.11 Å². The van der Waals surface area contributed by atoms with E-state index in [0.29, 0.717) is 12.1 Å². The molecule has 0 aliphatic carbocycles. The van der Waals surface area contributed by atoms with Crippen molar-refractivity contribution in [1.29, 1.82) is 0 Å². The van der Waals surface area contributed by atoms with Crippen molar-refractivity contribution in [3.05, 3.63) is 29.8 Å². The molecule has 0 aliphatic rings. The summed E-state index contributed by atoms with van der Waals surface area (Å²) in [5, 5.41) is 12.8. The van der Waals surface area contributed by atoms with Gasteiger partial charge in [0, 0.05) is 12.1 Å². The number of rotatable bonds is 7. The highest BCUT2D eigenvalue weighted by Gasteiger charge is 2.10. The Labute approximate surface area is 110 Å². The third-order valence-corrected chi connectivity index (χ3v) is 2.96. The summed E-state index contributed by atoms with van der Waals surface area (Å²) in [5.74, 6) is 0.891. The first-order valence-corrected chi connectivity index (χ1v) is 6.58. The molecule has 0 fully saturated rings. The topological polar surface area (TPSA) is 41.5 Å². The minimum atomic E-state index is -0.249. The predicted molar refractivity (Wildman–Crippen MR) is 75.1 cm³/mol. The molecule has 3 unspecified atom stereocenters. The maximum Gasteiger partial charge on any atom is 0.118 e. The summed E-state index contributed by atoms with van der Waals surface area (Å²) in [6, 6.07) is 8.89. The van der Waals surface area contributed by atoms with Gasteiger partial charge < -0.3 is 15.2 Å². The van der Waals surface area contributed by atoms with Crippen LogP contribution >= 0.6 is 0 Å². The van der Waals surface area contributed by atoms with Crippen molar-refractivity contribution in [2.24, 2.45) is 0 Å². The van der Waals surface area contributed by atoms with Gasteiger partial charge in [-0.3, -0.25) is 0 Å². The number of nitrogens with one attached hydrogen (secondary N) is 1. The van der Waals surface area contributed by atoms with E-state index in [2.05, 4.69) is 31.3 Å². The van der Waals surface area contributed by atoms with Crippen LogP contribution in [0.3, 0.4) is 0 Å². The number of hydrogen-bond donors (Lipinski definition) is 2. The van der Waals surface area contributed by atoms with Gasteiger partial charge in [-0.25, -0.2) is 0 Å². The molecule has 0 saturated carbocycles. The average molecular weight is 251 g/mol. The van der Waals surface area contributed by atoms with Crippen LogP contribution in [-0.4, -0.2) is 30.4 Å². The van der Waals surface area contributed by atoms with E-state index in [1.807, 2.05) is 19.1 Å². The number of ether oxygens (including phenoxy) is 1. The molecule has 0 radical (unpaired) electrons. The van der Waals surface area contributed by atoms with E-state index >= 15 is 0 Å². The molecule has 0 aliphatic heterocycles. The molecular weight excluding hydrogens is 226 g/mol. The molecule has 2 N–H and O–H groups in total. The summed E-state index contributed by atoms with van der Waals surface area (Å²) >= 11 is 0. The summed E-state index contributed by atoms with van der Waals surface area (Å²) < 4.78 is 5.14. The molecule has 3 heteroatoms. The second-order valence-electron chi connectivity index (χ2n) is 5.11. The van der Waals surface area contributed by atoms with Crippen molar-refractivity contribution in [1.82, 2.24) is 5.32 Å². The van der Waals surface area contributed by atoms with E-state index in [0.717, 1.165) is 18.6 Å². The van der Waals surface area contributed by atoms with E-state index in [-0.39, 0.29) is 6.10 Å². The van der Waals surface area contributed by atoms with Gasteiger partial charge in [0.05, 0.1) is 13.2 Å². The lowest BCUT2D eigenvalue weighted by Crippen LogP contribution is -2.37. The van der Waals surface area contributed by atoms with Crippen LogP contribution in [0.25, 0.3) is 0 Å². The quantitative estimate of drug-likeness (QED) is 0.782. The molecule has 0 heterocycles. The van der Waals surface area contributed by atoms with Crippen molar-refractivity contribution in [3.8, 4) is 5.75 Å². The van der Waals surface area contributed by atoms with Gasteiger partial charge in [-0.15, -0.1) is 0 Å². The molecule has 3 atom stereocenters. The SMILES string of the molecule is COc1ccc(CC(C)NC(C)CC(C)O)cc1. The lowest BCUT2D eigenvalue weighted by molar-refractivity contribution is 0.168. The zero-order valence-corrected chi connectivity index (χ0v) is 11.8. The summed E-state index contributed by atoms with van der Waals surface area (Å²) in [7, 11) is 1.68. The molecule has 18 heavy (non-hydrogen) atoms. The van der Waals surface area contributed by atoms with Gasteiger partial charge in [0.25, 0.3) is 0 Å². The first-order chi connectivity index (χ1) is 8.51. The predicted octanol–water partition coefficient (Wildman–Crippen LogP) is 2.38. The zero-order valence-electron chi connectivity index (χ0n) is 11.8. The molecule has 0 bridgehead atoms. The number of benzene rings is 1. The Balaban J connectivity index is 2.41. The second kappa shape index (κ2) is 7.39. The summed E-state index contributed by atoms with van der Waals surface area (Å²) in [6.45, 7) is 6.10. The largest absolute Gasteiger partial charge is 0.497 e. The zero-order chi connectivity index (χ0) is 13.5. The van der Waals surface area contributed by atoms with Crippen LogP contribution in [0, 0.1) is 0 Å². The third kappa shape index (κ3) is 5.52. The van der Waals surface area contributed by atoms with Crippen molar-refractivity contribution in [2.75, 3.05) is 7.11 Å². The molecule has 1 aromatic rings. The Bertz CT molecular complexity index is 335. The Kier molecular flexibility index (Phi) is 6.16. The van der Waals surface area contributed by atoms with Crippen LogP contribution in [0.5, 0.6) is 5.75 Å². The van der Waals surface area contributed by atoms with Crippen molar-refractivity contribution < 1.29 is 9.84 Å². The first kappa shape index (κ1) is 15.0. The number of methoxy groups -OCH3 is 1. The van der Waals surface area contributed by atoms with E-state index < -0.39 is 0 Å². The molecule has 0 amide bonds. The van der Waals surface area contributed by atoms with Gasteiger partial charge in [-0.1, -0.05) is 12.1 Å². The second-order valence-corrected chi connectivity index (χ2v) is 5.11. The first-order valence-electron chi connectivity index (χ1n) is 6.58. The van der Waals surface area contributed by atoms with Crippen LogP contribution in [0.4, 0.5) is 0 Å². The Hall–Kier alpha value is -1.06. The van der Waals surface area contributed by atoms with Crippen LogP contribution in [-0.2, 0) is 6.42 Å². The molecule has 1 aromatic carbocycles. The molecule has 0 aromatic heterocycles. The van der Waals surface area contributed by atoms with Crippen LogP contribution in [0.1, 0.15) is 32.8 Å². The molecule has 3 nitrogen and oxygen atoms in total. The van der Waals surface area contributed by atoms with Gasteiger partial charge in [-0.2, -0.15) is 0 Å². The standard InChI is InChI=1S/C15H25NO2/c1-11(9-13(3)17)16-12(2)10-14-5-7-15(18-4)8-6-14/h5-8,11-13,16-17H,9-10H2,1-4H3. The van der Waals surface area contributed by atoms with Gasteiger partial charge >= 0.3 is 0 Å². The van der Waals surface area contributed by atoms with Gasteiger partial charge in [0.15, 0.2) is 0 Å². The Morgan fingerprint density at radius 1 is 1.11 bits per heavy atom. The fourth-order valence-corrected chi connectivity index (χ4v) is 2.24. The highest BCUT2D eigenvalue weighted by Crippen LogP contribution is 2.13. The molecule has 0 saturated heterocycles. The lowest BCUT2D eigenvalue weighted by Gasteiger charge is -2.21. The normalized spacial score (nSPS) is 16.1. The monoisotopic (exact) mass is 251 g/mol. The highest BCUT2D eigenvalue weighted by molar-refractivity contribution is 5.27. The minimum absolute atomic E-state index is 0.249. The minimum Gasteiger partial charge on any atom is -0.497 e. The maximum atomic E-state index is 9.33. The Morgan fingerprint density at radius 3 is 2.22 bits per heavy atom. The lowest BCUT2D eigenvalue weighted by atomic mass is 10.1. The fourth-order valence-electron chi connectivity index (χ4n) is 2.24. The summed E-state index contributed by atoms with van der Waals surface area (Å²) in [6.07, 6.45) is 1.52. The maximum absolute atomic E-state index is 9.33. The molecular formula is C15H25NO2. The average Bonchev–Trinajstić information content (AvgIpc) is 2.28. The number of aliphatic hydroxyl groups excluding tert-OH is 1. The van der Waals surface area contributed by atoms with Crippen LogP contribution in [0.15, 0.2) is 24.3 Å².